The van der Waals surface area contributed by atoms with Crippen molar-refractivity contribution in [3.8, 4) is 0 Å². The number of aromatic nitrogens is 1. The molecule has 0 unspecified atom stereocenters. The van der Waals surface area contributed by atoms with Crippen molar-refractivity contribution < 1.29 is 14.3 Å². The van der Waals surface area contributed by atoms with Gasteiger partial charge in [-0.2, -0.15) is 0 Å². The van der Waals surface area contributed by atoms with Crippen molar-refractivity contribution in [2.45, 2.75) is 13.8 Å². The quantitative estimate of drug-likeness (QED) is 0.575. The topological polar surface area (TPSA) is 48.3 Å². The lowest BCUT2D eigenvalue weighted by atomic mass is 10.2. The normalized spacial score (nSPS) is 10.7. The van der Waals surface area contributed by atoms with E-state index in [0.29, 0.717) is 12.3 Å². The molecule has 0 aliphatic rings. The van der Waals surface area contributed by atoms with Gasteiger partial charge in [-0.3, -0.25) is 4.79 Å². The van der Waals surface area contributed by atoms with Crippen LogP contribution < -0.4 is 0 Å². The summed E-state index contributed by atoms with van der Waals surface area (Å²) in [6.07, 6.45) is 4.90. The Bertz CT molecular complexity index is 429. The van der Waals surface area contributed by atoms with E-state index in [2.05, 4.69) is 0 Å². The smallest absolute Gasteiger partial charge is 0.354 e. The number of ether oxygens (including phenoxy) is 1. The number of rotatable bonds is 4. The number of nitrogens with zero attached hydrogens (tertiary/aromatic N) is 1. The first kappa shape index (κ1) is 12.2. The van der Waals surface area contributed by atoms with Gasteiger partial charge < -0.3 is 9.30 Å². The van der Waals surface area contributed by atoms with Gasteiger partial charge in [0.1, 0.15) is 5.69 Å². The van der Waals surface area contributed by atoms with E-state index in [4.69, 9.17) is 4.74 Å². The molecular weight excluding hydrogens is 206 g/mol. The number of hydrogen-bond acceptors (Lipinski definition) is 3. The second-order valence-corrected chi connectivity index (χ2v) is 3.43. The molecule has 1 aromatic heterocycles. The van der Waals surface area contributed by atoms with Crippen LogP contribution >= 0.6 is 0 Å². The van der Waals surface area contributed by atoms with Crippen molar-refractivity contribution in [2.24, 2.45) is 7.05 Å². The van der Waals surface area contributed by atoms with Crippen LogP contribution in [-0.4, -0.2) is 22.9 Å². The first-order valence-electron chi connectivity index (χ1n) is 5.06. The summed E-state index contributed by atoms with van der Waals surface area (Å²) in [5.41, 5.74) is 1.28. The monoisotopic (exact) mass is 221 g/mol. The Morgan fingerprint density at radius 1 is 1.50 bits per heavy atom. The van der Waals surface area contributed by atoms with Crippen molar-refractivity contribution in [3.63, 3.8) is 0 Å². The van der Waals surface area contributed by atoms with Crippen LogP contribution in [0.5, 0.6) is 0 Å². The molecule has 0 N–H and O–H groups in total. The minimum absolute atomic E-state index is 0.0264. The summed E-state index contributed by atoms with van der Waals surface area (Å²) in [7, 11) is 1.76. The first-order chi connectivity index (χ1) is 7.54. The summed E-state index contributed by atoms with van der Waals surface area (Å²) in [5, 5.41) is 0. The van der Waals surface area contributed by atoms with Crippen LogP contribution in [0.4, 0.5) is 0 Å². The highest BCUT2D eigenvalue weighted by atomic mass is 16.5. The number of esters is 1. The minimum atomic E-state index is -0.354. The van der Waals surface area contributed by atoms with Gasteiger partial charge in [0.2, 0.25) is 0 Å². The molecule has 0 atom stereocenters. The fourth-order valence-electron chi connectivity index (χ4n) is 1.30. The van der Waals surface area contributed by atoms with Crippen LogP contribution in [0, 0.1) is 0 Å². The maximum Gasteiger partial charge on any atom is 0.354 e. The number of aryl methyl sites for hydroxylation is 1. The molecule has 86 valence electrons. The third kappa shape index (κ3) is 3.08. The Labute approximate surface area is 94.5 Å². The Morgan fingerprint density at radius 2 is 2.19 bits per heavy atom. The summed E-state index contributed by atoms with van der Waals surface area (Å²) >= 11 is 0. The van der Waals surface area contributed by atoms with Gasteiger partial charge in [0.15, 0.2) is 5.78 Å². The van der Waals surface area contributed by atoms with Gasteiger partial charge in [-0.05, 0) is 37.6 Å². The van der Waals surface area contributed by atoms with Crippen molar-refractivity contribution in [1.82, 2.24) is 4.57 Å². The number of carbonyl (C=O) groups excluding carboxylic acids is 2. The highest BCUT2D eigenvalue weighted by Gasteiger charge is 2.11. The molecule has 0 aliphatic heterocycles. The molecule has 0 aromatic carbocycles. The predicted octanol–water partition coefficient (Wildman–Crippen LogP) is 1.80. The molecule has 4 heteroatoms. The maximum absolute atomic E-state index is 11.5. The Hall–Kier alpha value is -1.84. The van der Waals surface area contributed by atoms with E-state index in [1.165, 1.54) is 13.0 Å². The lowest BCUT2D eigenvalue weighted by Crippen LogP contribution is -2.08. The highest BCUT2D eigenvalue weighted by Crippen LogP contribution is 2.10. The average molecular weight is 221 g/mol. The third-order valence-electron chi connectivity index (χ3n) is 2.02. The van der Waals surface area contributed by atoms with Gasteiger partial charge in [-0.1, -0.05) is 0 Å². The van der Waals surface area contributed by atoms with E-state index < -0.39 is 0 Å². The van der Waals surface area contributed by atoms with Crippen LogP contribution in [0.3, 0.4) is 0 Å². The second-order valence-electron chi connectivity index (χ2n) is 3.43. The van der Waals surface area contributed by atoms with Gasteiger partial charge in [0.25, 0.3) is 0 Å². The van der Waals surface area contributed by atoms with Crippen LogP contribution in [0.25, 0.3) is 6.08 Å². The predicted molar refractivity (Wildman–Crippen MR) is 61.1 cm³/mol. The van der Waals surface area contributed by atoms with Crippen LogP contribution in [0.15, 0.2) is 18.3 Å². The van der Waals surface area contributed by atoms with Crippen LogP contribution in [0.2, 0.25) is 0 Å². The average Bonchev–Trinajstić information content (AvgIpc) is 2.57. The maximum atomic E-state index is 11.5. The summed E-state index contributed by atoms with van der Waals surface area (Å²) in [5.74, 6) is -0.381. The first-order valence-corrected chi connectivity index (χ1v) is 5.06. The van der Waals surface area contributed by atoms with Crippen molar-refractivity contribution in [3.05, 3.63) is 29.6 Å². The molecule has 1 aromatic rings. The zero-order valence-electron chi connectivity index (χ0n) is 9.69. The second kappa shape index (κ2) is 5.30. The zero-order chi connectivity index (χ0) is 12.1. The summed E-state index contributed by atoms with van der Waals surface area (Å²) in [6.45, 7) is 3.59. The zero-order valence-corrected chi connectivity index (χ0v) is 9.69. The molecule has 0 radical (unpaired) electrons. The molecule has 0 saturated heterocycles. The van der Waals surface area contributed by atoms with E-state index in [0.717, 1.165) is 5.56 Å². The van der Waals surface area contributed by atoms with Gasteiger partial charge in [-0.25, -0.2) is 4.79 Å². The van der Waals surface area contributed by atoms with Crippen molar-refractivity contribution in [1.29, 1.82) is 0 Å². The summed E-state index contributed by atoms with van der Waals surface area (Å²) < 4.78 is 6.58. The minimum Gasteiger partial charge on any atom is -0.461 e. The molecular formula is C12H15NO3. The highest BCUT2D eigenvalue weighted by molar-refractivity contribution is 5.92. The molecule has 1 rings (SSSR count). The number of hydrogen-bond donors (Lipinski definition) is 0. The third-order valence-corrected chi connectivity index (χ3v) is 2.02. The van der Waals surface area contributed by atoms with Crippen LogP contribution in [0.1, 0.15) is 29.9 Å². The number of allylic oxidation sites excluding steroid dienone is 1. The lowest BCUT2D eigenvalue weighted by molar-refractivity contribution is -0.112. The largest absolute Gasteiger partial charge is 0.461 e. The van der Waals surface area contributed by atoms with E-state index in [1.54, 1.807) is 36.9 Å². The lowest BCUT2D eigenvalue weighted by Gasteiger charge is -2.01. The molecule has 4 nitrogen and oxygen atoms in total. The molecule has 0 aliphatic carbocycles. The molecule has 0 bridgehead atoms. The summed E-state index contributed by atoms with van der Waals surface area (Å²) in [4.78, 5) is 22.2. The molecule has 0 saturated carbocycles. The van der Waals surface area contributed by atoms with E-state index in [9.17, 15) is 9.59 Å². The van der Waals surface area contributed by atoms with E-state index in [-0.39, 0.29) is 11.8 Å². The van der Waals surface area contributed by atoms with Crippen molar-refractivity contribution in [2.75, 3.05) is 6.61 Å². The SMILES string of the molecule is CCOC(=O)c1cc(C=CC(C)=O)cn1C. The standard InChI is InChI=1S/C12H15NO3/c1-4-16-12(15)11-7-10(8-13(11)3)6-5-9(2)14/h5-8H,4H2,1-3H3. The van der Waals surface area contributed by atoms with E-state index >= 15 is 0 Å². The Kier molecular flexibility index (Phi) is 4.05. The van der Waals surface area contributed by atoms with Gasteiger partial charge >= 0.3 is 5.97 Å². The summed E-state index contributed by atoms with van der Waals surface area (Å²) in [6, 6.07) is 1.69. The fourth-order valence-corrected chi connectivity index (χ4v) is 1.30. The van der Waals surface area contributed by atoms with Gasteiger partial charge in [-0.15, -0.1) is 0 Å². The van der Waals surface area contributed by atoms with Gasteiger partial charge in [0, 0.05) is 13.2 Å². The molecule has 0 spiro atoms. The number of carbonyl (C=O) groups is 2. The number of ketones is 1. The van der Waals surface area contributed by atoms with Crippen molar-refractivity contribution >= 4 is 17.8 Å². The molecule has 0 amide bonds. The molecule has 16 heavy (non-hydrogen) atoms. The molecule has 1 heterocycles. The van der Waals surface area contributed by atoms with E-state index in [1.807, 2.05) is 0 Å². The fraction of sp³-hybridized carbons (Fsp3) is 0.333. The van der Waals surface area contributed by atoms with Crippen LogP contribution in [-0.2, 0) is 16.6 Å². The molecule has 0 fully saturated rings. The van der Waals surface area contributed by atoms with Gasteiger partial charge in [0.05, 0.1) is 6.61 Å². The Balaban J connectivity index is 2.89. The Morgan fingerprint density at radius 3 is 2.75 bits per heavy atom.